The molecule has 0 amide bonds. The third kappa shape index (κ3) is 0.936. The Morgan fingerprint density at radius 2 is 2.38 bits per heavy atom. The molecule has 0 bridgehead atoms. The van der Waals surface area contributed by atoms with E-state index in [4.69, 9.17) is 5.73 Å². The normalized spacial score (nSPS) is 9.75. The lowest BCUT2D eigenvalue weighted by molar-refractivity contribution is 1.26. The van der Waals surface area contributed by atoms with E-state index in [0.717, 1.165) is 9.39 Å². The van der Waals surface area contributed by atoms with Gasteiger partial charge in [-0.25, -0.2) is 4.98 Å². The molecule has 0 aliphatic heterocycles. The van der Waals surface area contributed by atoms with E-state index in [9.17, 15) is 0 Å². The monoisotopic (exact) mass is 223 g/mol. The van der Waals surface area contributed by atoms with E-state index in [1.165, 1.54) is 0 Å². The topological polar surface area (TPSA) is 54.7 Å². The fraction of sp³-hybridized carbons (Fsp3) is 0.250. The molecule has 1 aromatic rings. The number of rotatable bonds is 0. The fourth-order valence-corrected chi connectivity index (χ4v) is 0.858. The van der Waals surface area contributed by atoms with Crippen LogP contribution in [0.3, 0.4) is 0 Å². The average Bonchev–Trinajstić information content (AvgIpc) is 1.85. The van der Waals surface area contributed by atoms with Gasteiger partial charge in [0, 0.05) is 0 Å². The van der Waals surface area contributed by atoms with Gasteiger partial charge >= 0.3 is 0 Å². The van der Waals surface area contributed by atoms with E-state index >= 15 is 0 Å². The van der Waals surface area contributed by atoms with Gasteiger partial charge in [0.2, 0.25) is 0 Å². The van der Waals surface area contributed by atoms with Gasteiger partial charge in [0.1, 0.15) is 3.70 Å². The Balaban J connectivity index is 3.14. The highest BCUT2D eigenvalue weighted by Crippen LogP contribution is 2.07. The molecule has 0 saturated carbocycles. The zero-order valence-electron chi connectivity index (χ0n) is 4.40. The van der Waals surface area contributed by atoms with Crippen LogP contribution in [-0.2, 0) is 0 Å². The van der Waals surface area contributed by atoms with Crippen LogP contribution in [0.2, 0.25) is 0 Å². The highest BCUT2D eigenvalue weighted by atomic mass is 127. The Morgan fingerprint density at radius 3 is 2.50 bits per heavy atom. The molecule has 0 fully saturated rings. The van der Waals surface area contributed by atoms with Gasteiger partial charge in [-0.15, -0.1) is 0 Å². The molecule has 1 aromatic heterocycles. The quantitative estimate of drug-likeness (QED) is 0.642. The number of nitrogens with zero attached hydrogens (tertiary/aromatic N) is 1. The second-order valence-electron chi connectivity index (χ2n) is 1.52. The largest absolute Gasteiger partial charge is 0.369 e. The van der Waals surface area contributed by atoms with Gasteiger partial charge in [0.05, 0.1) is 5.69 Å². The maximum absolute atomic E-state index is 5.31. The van der Waals surface area contributed by atoms with Crippen LogP contribution in [0, 0.1) is 10.6 Å². The van der Waals surface area contributed by atoms with Crippen molar-refractivity contribution in [3.8, 4) is 0 Å². The van der Waals surface area contributed by atoms with Crippen LogP contribution in [0.1, 0.15) is 5.69 Å². The standard InChI is InChI=1S/C4H6IN3/c1-2-3(5)8-4(6)7-2/h1H3,(H3,6,7,8). The summed E-state index contributed by atoms with van der Waals surface area (Å²) in [7, 11) is 0. The van der Waals surface area contributed by atoms with Crippen molar-refractivity contribution in [2.24, 2.45) is 0 Å². The molecule has 0 atom stereocenters. The molecule has 0 aliphatic carbocycles. The number of imidazole rings is 1. The Morgan fingerprint density at radius 1 is 1.75 bits per heavy atom. The molecular weight excluding hydrogens is 217 g/mol. The number of nitrogen functional groups attached to an aromatic ring is 1. The number of nitrogens with two attached hydrogens (primary N) is 1. The van der Waals surface area contributed by atoms with E-state index in [-0.39, 0.29) is 0 Å². The first-order valence-electron chi connectivity index (χ1n) is 2.17. The van der Waals surface area contributed by atoms with Crippen LogP contribution in [-0.4, -0.2) is 9.97 Å². The van der Waals surface area contributed by atoms with Gasteiger partial charge in [0.15, 0.2) is 5.95 Å². The molecule has 3 N–H and O–H groups in total. The van der Waals surface area contributed by atoms with E-state index in [0.29, 0.717) is 5.95 Å². The van der Waals surface area contributed by atoms with Crippen molar-refractivity contribution in [3.05, 3.63) is 9.39 Å². The number of hydrogen-bond acceptors (Lipinski definition) is 2. The van der Waals surface area contributed by atoms with Gasteiger partial charge in [-0.3, -0.25) is 0 Å². The number of anilines is 1. The number of halogens is 1. The first-order valence-corrected chi connectivity index (χ1v) is 3.25. The maximum atomic E-state index is 5.31. The van der Waals surface area contributed by atoms with Gasteiger partial charge in [-0.2, -0.15) is 0 Å². The lowest BCUT2D eigenvalue weighted by Gasteiger charge is -1.76. The van der Waals surface area contributed by atoms with Crippen LogP contribution in [0.4, 0.5) is 5.95 Å². The molecule has 0 saturated heterocycles. The first-order chi connectivity index (χ1) is 3.70. The summed E-state index contributed by atoms with van der Waals surface area (Å²) in [5, 5.41) is 0. The lowest BCUT2D eigenvalue weighted by atomic mass is 10.6. The summed E-state index contributed by atoms with van der Waals surface area (Å²) < 4.78 is 1.01. The van der Waals surface area contributed by atoms with Gasteiger partial charge < -0.3 is 10.7 Å². The predicted molar refractivity (Wildman–Crippen MR) is 40.5 cm³/mol. The third-order valence-corrected chi connectivity index (χ3v) is 1.89. The predicted octanol–water partition coefficient (Wildman–Crippen LogP) is 0.905. The van der Waals surface area contributed by atoms with Crippen LogP contribution in [0.15, 0.2) is 0 Å². The minimum absolute atomic E-state index is 0.493. The summed E-state index contributed by atoms with van der Waals surface area (Å²) >= 11 is 2.15. The number of aromatic amines is 1. The third-order valence-electron chi connectivity index (χ3n) is 0.844. The minimum Gasteiger partial charge on any atom is -0.369 e. The molecule has 0 aliphatic rings. The molecule has 0 unspecified atom stereocenters. The molecule has 44 valence electrons. The van der Waals surface area contributed by atoms with Crippen molar-refractivity contribution in [1.29, 1.82) is 0 Å². The Labute approximate surface area is 60.8 Å². The molecule has 8 heavy (non-hydrogen) atoms. The molecular formula is C4H6IN3. The van der Waals surface area contributed by atoms with E-state index in [2.05, 4.69) is 32.6 Å². The molecule has 1 rings (SSSR count). The van der Waals surface area contributed by atoms with Gasteiger partial charge in [-0.05, 0) is 29.5 Å². The van der Waals surface area contributed by atoms with Crippen molar-refractivity contribution in [1.82, 2.24) is 9.97 Å². The average molecular weight is 223 g/mol. The smallest absolute Gasteiger partial charge is 0.198 e. The summed E-state index contributed by atoms with van der Waals surface area (Å²) in [6.07, 6.45) is 0. The lowest BCUT2D eigenvalue weighted by Crippen LogP contribution is -1.84. The molecule has 0 spiro atoms. The highest BCUT2D eigenvalue weighted by molar-refractivity contribution is 14.1. The van der Waals surface area contributed by atoms with Crippen molar-refractivity contribution in [3.63, 3.8) is 0 Å². The zero-order chi connectivity index (χ0) is 6.15. The summed E-state index contributed by atoms with van der Waals surface area (Å²) in [5.74, 6) is 0.493. The molecule has 1 heterocycles. The Bertz CT molecular complexity index is 174. The summed E-state index contributed by atoms with van der Waals surface area (Å²) in [4.78, 5) is 6.79. The van der Waals surface area contributed by atoms with Crippen LogP contribution >= 0.6 is 22.6 Å². The number of H-pyrrole nitrogens is 1. The minimum atomic E-state index is 0.493. The fourth-order valence-electron chi connectivity index (χ4n) is 0.461. The Hall–Kier alpha value is -0.260. The van der Waals surface area contributed by atoms with Crippen molar-refractivity contribution in [2.75, 3.05) is 5.73 Å². The number of aromatic nitrogens is 2. The van der Waals surface area contributed by atoms with Crippen molar-refractivity contribution >= 4 is 28.5 Å². The van der Waals surface area contributed by atoms with Crippen LogP contribution in [0.25, 0.3) is 0 Å². The van der Waals surface area contributed by atoms with Gasteiger partial charge in [-0.1, -0.05) is 0 Å². The number of hydrogen-bond donors (Lipinski definition) is 2. The second-order valence-corrected chi connectivity index (χ2v) is 2.60. The van der Waals surface area contributed by atoms with Crippen LogP contribution < -0.4 is 5.73 Å². The zero-order valence-corrected chi connectivity index (χ0v) is 6.56. The van der Waals surface area contributed by atoms with E-state index in [1.807, 2.05) is 6.92 Å². The molecule has 0 aromatic carbocycles. The van der Waals surface area contributed by atoms with Crippen molar-refractivity contribution in [2.45, 2.75) is 6.92 Å². The highest BCUT2D eigenvalue weighted by Gasteiger charge is 1.96. The first kappa shape index (κ1) is 5.87. The molecule has 4 heteroatoms. The summed E-state index contributed by atoms with van der Waals surface area (Å²) in [5.41, 5.74) is 6.27. The summed E-state index contributed by atoms with van der Waals surface area (Å²) in [6, 6.07) is 0. The van der Waals surface area contributed by atoms with Crippen LogP contribution in [0.5, 0.6) is 0 Å². The van der Waals surface area contributed by atoms with E-state index < -0.39 is 0 Å². The maximum Gasteiger partial charge on any atom is 0.198 e. The SMILES string of the molecule is Cc1nc(N)[nH]c1I. The van der Waals surface area contributed by atoms with Gasteiger partial charge in [0.25, 0.3) is 0 Å². The summed E-state index contributed by atoms with van der Waals surface area (Å²) in [6.45, 7) is 1.91. The number of nitrogens with one attached hydrogen (secondary N) is 1. The second kappa shape index (κ2) is 1.93. The molecule has 3 nitrogen and oxygen atoms in total. The number of aryl methyl sites for hydroxylation is 1. The molecule has 0 radical (unpaired) electrons. The van der Waals surface area contributed by atoms with Crippen molar-refractivity contribution < 1.29 is 0 Å². The Kier molecular flexibility index (Phi) is 1.41. The van der Waals surface area contributed by atoms with E-state index in [1.54, 1.807) is 0 Å².